The molecule has 4 rings (SSSR count). The molecule has 0 aliphatic carbocycles. The van der Waals surface area contributed by atoms with Crippen molar-refractivity contribution in [1.82, 2.24) is 5.32 Å². The first-order valence-corrected chi connectivity index (χ1v) is 9.77. The number of rotatable bonds is 5. The highest BCUT2D eigenvalue weighted by molar-refractivity contribution is 7.15. The fraction of sp³-hybridized carbons (Fsp3) is 0.182. The molecule has 0 saturated heterocycles. The van der Waals surface area contributed by atoms with Crippen molar-refractivity contribution in [2.45, 2.75) is 13.0 Å². The van der Waals surface area contributed by atoms with E-state index < -0.39 is 5.97 Å². The summed E-state index contributed by atoms with van der Waals surface area (Å²) < 4.78 is 10.2. The average Bonchev–Trinajstić information content (AvgIpc) is 3.41. The summed E-state index contributed by atoms with van der Waals surface area (Å²) in [5.74, 6) is 0.340. The van der Waals surface area contributed by atoms with Gasteiger partial charge in [-0.1, -0.05) is 30.3 Å². The molecule has 1 aliphatic heterocycles. The molecule has 1 aromatic heterocycles. The van der Waals surface area contributed by atoms with E-state index in [1.54, 1.807) is 12.1 Å². The minimum absolute atomic E-state index is 0.206. The molecule has 2 heterocycles. The molecular formula is C22H19NO4S. The van der Waals surface area contributed by atoms with Crippen LogP contribution in [0.15, 0.2) is 54.6 Å². The second kappa shape index (κ2) is 7.86. The normalized spacial score (nSPS) is 12.2. The quantitative estimate of drug-likeness (QED) is 0.664. The fourth-order valence-corrected chi connectivity index (χ4v) is 3.96. The van der Waals surface area contributed by atoms with Gasteiger partial charge in [-0.2, -0.15) is 0 Å². The van der Waals surface area contributed by atoms with E-state index in [-0.39, 0.29) is 5.91 Å². The first-order chi connectivity index (χ1) is 13.6. The number of ether oxygens (including phenoxy) is 2. The van der Waals surface area contributed by atoms with Crippen LogP contribution in [0, 0.1) is 0 Å². The largest absolute Gasteiger partial charge is 0.493 e. The summed E-state index contributed by atoms with van der Waals surface area (Å²) in [5.41, 5.74) is 4.54. The Kier molecular flexibility index (Phi) is 5.12. The molecule has 1 aliphatic rings. The zero-order chi connectivity index (χ0) is 19.5. The lowest BCUT2D eigenvalue weighted by molar-refractivity contribution is 0.0606. The van der Waals surface area contributed by atoms with E-state index in [9.17, 15) is 9.59 Å². The van der Waals surface area contributed by atoms with Gasteiger partial charge in [0.05, 0.1) is 18.6 Å². The zero-order valence-corrected chi connectivity index (χ0v) is 16.2. The first-order valence-electron chi connectivity index (χ1n) is 8.95. The van der Waals surface area contributed by atoms with E-state index in [2.05, 4.69) is 34.3 Å². The molecule has 5 nitrogen and oxygen atoms in total. The van der Waals surface area contributed by atoms with Gasteiger partial charge in [0, 0.05) is 13.0 Å². The summed E-state index contributed by atoms with van der Waals surface area (Å²) in [7, 11) is 1.32. The minimum atomic E-state index is -0.433. The van der Waals surface area contributed by atoms with Gasteiger partial charge in [-0.15, -0.1) is 11.3 Å². The second-order valence-electron chi connectivity index (χ2n) is 6.46. The Labute approximate surface area is 166 Å². The highest BCUT2D eigenvalue weighted by atomic mass is 32.1. The summed E-state index contributed by atoms with van der Waals surface area (Å²) in [6.07, 6.45) is 0.952. The number of fused-ring (bicyclic) bond motifs is 1. The number of hydrogen-bond donors (Lipinski definition) is 1. The summed E-state index contributed by atoms with van der Waals surface area (Å²) in [4.78, 5) is 24.7. The predicted octanol–water partition coefficient (Wildman–Crippen LogP) is 4.07. The van der Waals surface area contributed by atoms with Crippen LogP contribution in [-0.2, 0) is 17.7 Å². The smallest absolute Gasteiger partial charge is 0.348 e. The monoisotopic (exact) mass is 393 g/mol. The number of thiophene rings is 1. The Bertz CT molecular complexity index is 1020. The van der Waals surface area contributed by atoms with Gasteiger partial charge in [-0.3, -0.25) is 4.79 Å². The maximum Gasteiger partial charge on any atom is 0.348 e. The fourth-order valence-electron chi connectivity index (χ4n) is 3.12. The molecule has 6 heteroatoms. The summed E-state index contributed by atoms with van der Waals surface area (Å²) in [6, 6.07) is 17.6. The third-order valence-electron chi connectivity index (χ3n) is 4.65. The number of methoxy groups -OCH3 is 1. The number of hydrogen-bond acceptors (Lipinski definition) is 5. The van der Waals surface area contributed by atoms with Crippen molar-refractivity contribution in [2.24, 2.45) is 0 Å². The lowest BCUT2D eigenvalue weighted by atomic mass is 10.0. The molecule has 0 bridgehead atoms. The van der Waals surface area contributed by atoms with Crippen molar-refractivity contribution in [3.8, 4) is 16.9 Å². The predicted molar refractivity (Wildman–Crippen MR) is 108 cm³/mol. The number of nitrogens with one attached hydrogen (secondary N) is 1. The van der Waals surface area contributed by atoms with E-state index in [4.69, 9.17) is 4.74 Å². The van der Waals surface area contributed by atoms with Gasteiger partial charge in [0.2, 0.25) is 0 Å². The van der Waals surface area contributed by atoms with Crippen molar-refractivity contribution in [1.29, 1.82) is 0 Å². The second-order valence-corrected chi connectivity index (χ2v) is 7.54. The van der Waals surface area contributed by atoms with Crippen LogP contribution in [0.1, 0.15) is 30.5 Å². The molecule has 0 unspecified atom stereocenters. The zero-order valence-electron chi connectivity index (χ0n) is 15.4. The van der Waals surface area contributed by atoms with Crippen molar-refractivity contribution in [2.75, 3.05) is 13.7 Å². The lowest BCUT2D eigenvalue weighted by Crippen LogP contribution is -2.21. The highest BCUT2D eigenvalue weighted by Gasteiger charge is 2.14. The maximum absolute atomic E-state index is 12.3. The van der Waals surface area contributed by atoms with Crippen molar-refractivity contribution < 1.29 is 19.1 Å². The van der Waals surface area contributed by atoms with Crippen molar-refractivity contribution in [3.63, 3.8) is 0 Å². The maximum atomic E-state index is 12.3. The van der Waals surface area contributed by atoms with Crippen LogP contribution in [0.4, 0.5) is 0 Å². The molecule has 1 amide bonds. The molecule has 3 aromatic rings. The average molecular weight is 393 g/mol. The third-order valence-corrected chi connectivity index (χ3v) is 5.71. The molecule has 1 N–H and O–H groups in total. The summed E-state index contributed by atoms with van der Waals surface area (Å²) in [6.45, 7) is 1.17. The van der Waals surface area contributed by atoms with Crippen LogP contribution in [-0.4, -0.2) is 25.6 Å². The van der Waals surface area contributed by atoms with Gasteiger partial charge < -0.3 is 14.8 Å². The van der Waals surface area contributed by atoms with E-state index in [1.165, 1.54) is 12.7 Å². The van der Waals surface area contributed by atoms with Gasteiger partial charge in [-0.05, 0) is 46.5 Å². The molecule has 28 heavy (non-hydrogen) atoms. The van der Waals surface area contributed by atoms with E-state index >= 15 is 0 Å². The topological polar surface area (TPSA) is 64.6 Å². The highest BCUT2D eigenvalue weighted by Crippen LogP contribution is 2.30. The van der Waals surface area contributed by atoms with Crippen LogP contribution in [0.3, 0.4) is 0 Å². The minimum Gasteiger partial charge on any atom is -0.493 e. The van der Waals surface area contributed by atoms with Crippen LogP contribution in [0.2, 0.25) is 0 Å². The molecule has 142 valence electrons. The Hall–Kier alpha value is -3.12. The van der Waals surface area contributed by atoms with E-state index in [1.807, 2.05) is 18.2 Å². The van der Waals surface area contributed by atoms with Crippen LogP contribution in [0.5, 0.6) is 5.75 Å². The lowest BCUT2D eigenvalue weighted by Gasteiger charge is -2.07. The van der Waals surface area contributed by atoms with Gasteiger partial charge in [-0.25, -0.2) is 4.79 Å². The number of carbonyl (C=O) groups excluding carboxylic acids is 2. The standard InChI is InChI=1S/C22H19NO4S/c1-26-22(25)20-9-8-19(28-20)21(24)23-13-14-2-4-15(5-3-14)16-6-7-18-17(12-16)10-11-27-18/h2-9,12H,10-11,13H2,1H3,(H,23,24). The van der Waals surface area contributed by atoms with E-state index in [0.29, 0.717) is 16.3 Å². The molecular weight excluding hydrogens is 374 g/mol. The molecule has 0 fully saturated rings. The van der Waals surface area contributed by atoms with Crippen LogP contribution >= 0.6 is 11.3 Å². The van der Waals surface area contributed by atoms with Crippen molar-refractivity contribution >= 4 is 23.2 Å². The molecule has 0 radical (unpaired) electrons. The molecule has 2 aromatic carbocycles. The van der Waals surface area contributed by atoms with Gasteiger partial charge in [0.25, 0.3) is 5.91 Å². The Morgan fingerprint density at radius 1 is 1.04 bits per heavy atom. The number of esters is 1. The van der Waals surface area contributed by atoms with Crippen LogP contribution < -0.4 is 10.1 Å². The van der Waals surface area contributed by atoms with Gasteiger partial charge >= 0.3 is 5.97 Å². The van der Waals surface area contributed by atoms with Crippen molar-refractivity contribution in [3.05, 3.63) is 75.5 Å². The third kappa shape index (κ3) is 3.77. The Morgan fingerprint density at radius 3 is 2.57 bits per heavy atom. The summed E-state index contributed by atoms with van der Waals surface area (Å²) in [5, 5.41) is 2.88. The number of carbonyl (C=O) groups is 2. The Morgan fingerprint density at radius 2 is 1.79 bits per heavy atom. The van der Waals surface area contributed by atoms with Gasteiger partial charge in [0.1, 0.15) is 10.6 Å². The Balaban J connectivity index is 1.39. The van der Waals surface area contributed by atoms with E-state index in [0.717, 1.165) is 46.8 Å². The summed E-state index contributed by atoms with van der Waals surface area (Å²) >= 11 is 1.12. The number of amides is 1. The molecule has 0 saturated carbocycles. The molecule has 0 atom stereocenters. The number of benzene rings is 2. The SMILES string of the molecule is COC(=O)c1ccc(C(=O)NCc2ccc(-c3ccc4c(c3)CCO4)cc2)s1. The van der Waals surface area contributed by atoms with Gasteiger partial charge in [0.15, 0.2) is 0 Å². The molecule has 0 spiro atoms. The first kappa shape index (κ1) is 18.3. The van der Waals surface area contributed by atoms with Crippen LogP contribution in [0.25, 0.3) is 11.1 Å².